The van der Waals surface area contributed by atoms with Crippen molar-refractivity contribution in [1.29, 1.82) is 0 Å². The third kappa shape index (κ3) is 12.6. The smallest absolute Gasteiger partial charge is 0.0531 e. The van der Waals surface area contributed by atoms with E-state index in [0.717, 1.165) is 22.7 Å². The van der Waals surface area contributed by atoms with E-state index in [2.05, 4.69) is 362 Å². The summed E-state index contributed by atoms with van der Waals surface area (Å²) in [6, 6.07) is 94.0. The van der Waals surface area contributed by atoms with Crippen LogP contribution >= 0.6 is 0 Å². The molecule has 0 saturated heterocycles. The zero-order valence-electron chi connectivity index (χ0n) is 56.0. The molecule has 0 aromatic heterocycles. The average Bonchev–Trinajstić information content (AvgIpc) is 0.851. The Bertz CT molecular complexity index is 3940. The Kier molecular flexibility index (Phi) is 18.5. The summed E-state index contributed by atoms with van der Waals surface area (Å²) < 4.78 is 0. The molecule has 0 unspecified atom stereocenters. The minimum atomic E-state index is -0.522. The van der Waals surface area contributed by atoms with Crippen LogP contribution in [0.2, 0.25) is 0 Å². The largest absolute Gasteiger partial charge is 0.310 e. The molecular weight excluding hydrogens is 1080 g/mol. The van der Waals surface area contributed by atoms with Gasteiger partial charge in [-0.05, 0) is 223 Å². The van der Waals surface area contributed by atoms with E-state index in [1.165, 1.54) is 117 Å². The Hall–Kier alpha value is -8.98. The molecular formula is C88H92N2. The Morgan fingerprint density at radius 1 is 0.256 bits per heavy atom. The topological polar surface area (TPSA) is 6.48 Å². The third-order valence-corrected chi connectivity index (χ3v) is 18.9. The van der Waals surface area contributed by atoms with Crippen LogP contribution in [-0.4, -0.2) is 0 Å². The average molecular weight is 1180 g/mol. The molecule has 0 spiro atoms. The van der Waals surface area contributed by atoms with Crippen molar-refractivity contribution in [3.05, 3.63) is 310 Å². The molecule has 0 fully saturated rings. The monoisotopic (exact) mass is 1180 g/mol. The van der Waals surface area contributed by atoms with Crippen LogP contribution in [0, 0.1) is 13.8 Å². The van der Waals surface area contributed by atoms with Crippen molar-refractivity contribution in [2.75, 3.05) is 9.80 Å². The molecule has 0 aliphatic rings. The van der Waals surface area contributed by atoms with Crippen molar-refractivity contribution in [1.82, 2.24) is 0 Å². The summed E-state index contributed by atoms with van der Waals surface area (Å²) >= 11 is 0. The fraction of sp³-hybridized carbons (Fsp3) is 0.250. The van der Waals surface area contributed by atoms with Crippen molar-refractivity contribution in [2.45, 2.75) is 145 Å². The number of rotatable bonds is 19. The lowest BCUT2D eigenvalue weighted by atomic mass is 9.71. The molecule has 0 saturated carbocycles. The van der Waals surface area contributed by atoms with Crippen molar-refractivity contribution in [2.24, 2.45) is 0 Å². The molecule has 0 bridgehead atoms. The van der Waals surface area contributed by atoms with Crippen LogP contribution in [-0.2, 0) is 5.41 Å². The minimum Gasteiger partial charge on any atom is -0.310 e. The van der Waals surface area contributed by atoms with Crippen molar-refractivity contribution >= 4 is 34.1 Å². The molecule has 11 aromatic rings. The van der Waals surface area contributed by atoms with Gasteiger partial charge in [0.2, 0.25) is 0 Å². The summed E-state index contributed by atoms with van der Waals surface area (Å²) in [5.74, 6) is 1.92. The van der Waals surface area contributed by atoms with Gasteiger partial charge in [0.25, 0.3) is 0 Å². The van der Waals surface area contributed by atoms with Gasteiger partial charge in [0.05, 0.1) is 11.4 Å². The fourth-order valence-corrected chi connectivity index (χ4v) is 13.4. The van der Waals surface area contributed by atoms with E-state index < -0.39 is 5.41 Å². The van der Waals surface area contributed by atoms with E-state index in [1.807, 2.05) is 0 Å². The van der Waals surface area contributed by atoms with Gasteiger partial charge in [-0.25, -0.2) is 0 Å². The molecule has 11 rings (SSSR count). The molecule has 0 radical (unpaired) electrons. The van der Waals surface area contributed by atoms with Crippen LogP contribution in [0.4, 0.5) is 34.1 Å². The number of benzene rings is 11. The first-order chi connectivity index (χ1) is 43.3. The molecule has 0 amide bonds. The van der Waals surface area contributed by atoms with E-state index in [9.17, 15) is 0 Å². The summed E-state index contributed by atoms with van der Waals surface area (Å²) in [5, 5.41) is 0. The van der Waals surface area contributed by atoms with Crippen molar-refractivity contribution in [3.8, 4) is 44.5 Å². The molecule has 0 aliphatic carbocycles. The maximum Gasteiger partial charge on any atom is 0.0531 e. The van der Waals surface area contributed by atoms with Crippen LogP contribution in [0.25, 0.3) is 44.5 Å². The number of nitrogens with zero attached hydrogens (tertiary/aromatic N) is 2. The van der Waals surface area contributed by atoms with E-state index in [0.29, 0.717) is 11.8 Å². The van der Waals surface area contributed by atoms with E-state index in [4.69, 9.17) is 0 Å². The number of aryl methyl sites for hydroxylation is 2. The summed E-state index contributed by atoms with van der Waals surface area (Å²) in [6.45, 7) is 35.1. The molecule has 0 aliphatic heterocycles. The van der Waals surface area contributed by atoms with Gasteiger partial charge in [-0.3, -0.25) is 0 Å². The second-order valence-electron chi connectivity index (χ2n) is 27.2. The number of anilines is 6. The van der Waals surface area contributed by atoms with Gasteiger partial charge in [-0.1, -0.05) is 271 Å². The molecule has 2 heteroatoms. The Morgan fingerprint density at radius 2 is 0.544 bits per heavy atom. The second kappa shape index (κ2) is 26.6. The van der Waals surface area contributed by atoms with Crippen LogP contribution in [0.1, 0.15) is 187 Å². The third-order valence-electron chi connectivity index (χ3n) is 18.9. The lowest BCUT2D eigenvalue weighted by Crippen LogP contribution is -2.26. The van der Waals surface area contributed by atoms with E-state index >= 15 is 0 Å². The minimum absolute atomic E-state index is 0.282. The second-order valence-corrected chi connectivity index (χ2v) is 27.2. The van der Waals surface area contributed by atoms with Gasteiger partial charge in [-0.2, -0.15) is 0 Å². The molecule has 0 heterocycles. The molecule has 0 N–H and O–H groups in total. The predicted octanol–water partition coefficient (Wildman–Crippen LogP) is 26.0. The normalized spacial score (nSPS) is 11.9. The molecule has 11 aromatic carbocycles. The SMILES string of the molecule is Cc1ccc(N(c2ccc(C(C)(c3ccccc3)c3ccc(N(c4ccc(C)c(-c5cccc(-c6ccccc6)c5)c4)c4c(C(C)C)cc(C(C)C)cc4C(C)C)cc3)cc2)c2c(C(C)C)cc(C(C)C)cc2C(C)C)cc1-c1cccc(-c2ccccc2)c1. The van der Waals surface area contributed by atoms with Gasteiger partial charge < -0.3 is 9.80 Å². The van der Waals surface area contributed by atoms with Crippen LogP contribution in [0.5, 0.6) is 0 Å². The van der Waals surface area contributed by atoms with Gasteiger partial charge in [-0.15, -0.1) is 0 Å². The van der Waals surface area contributed by atoms with Crippen LogP contribution < -0.4 is 9.80 Å². The zero-order valence-corrected chi connectivity index (χ0v) is 56.0. The first-order valence-electron chi connectivity index (χ1n) is 33.1. The van der Waals surface area contributed by atoms with Crippen molar-refractivity contribution in [3.63, 3.8) is 0 Å². The Morgan fingerprint density at radius 3 is 0.867 bits per heavy atom. The first kappa shape index (κ1) is 62.6. The van der Waals surface area contributed by atoms with E-state index in [1.54, 1.807) is 0 Å². The highest BCUT2D eigenvalue weighted by Crippen LogP contribution is 2.50. The van der Waals surface area contributed by atoms with Crippen LogP contribution in [0.3, 0.4) is 0 Å². The number of hydrogen-bond acceptors (Lipinski definition) is 2. The van der Waals surface area contributed by atoms with Gasteiger partial charge >= 0.3 is 0 Å². The highest BCUT2D eigenvalue weighted by Gasteiger charge is 2.34. The zero-order chi connectivity index (χ0) is 63.5. The summed E-state index contributed by atoms with van der Waals surface area (Å²) in [6.07, 6.45) is 0. The lowest BCUT2D eigenvalue weighted by molar-refractivity contribution is 0.692. The maximum absolute atomic E-state index is 2.58. The summed E-state index contributed by atoms with van der Waals surface area (Å²) in [4.78, 5) is 5.15. The van der Waals surface area contributed by atoms with Crippen molar-refractivity contribution < 1.29 is 0 Å². The number of hydrogen-bond donors (Lipinski definition) is 0. The Balaban J connectivity index is 1.07. The predicted molar refractivity (Wildman–Crippen MR) is 390 cm³/mol. The van der Waals surface area contributed by atoms with E-state index in [-0.39, 0.29) is 23.7 Å². The van der Waals surface area contributed by atoms with Gasteiger partial charge in [0.15, 0.2) is 0 Å². The highest BCUT2D eigenvalue weighted by atomic mass is 15.2. The van der Waals surface area contributed by atoms with Gasteiger partial charge in [0.1, 0.15) is 0 Å². The highest BCUT2D eigenvalue weighted by molar-refractivity contribution is 5.88. The lowest BCUT2D eigenvalue weighted by Gasteiger charge is -2.36. The molecule has 454 valence electrons. The van der Waals surface area contributed by atoms with Gasteiger partial charge in [0, 0.05) is 28.2 Å². The summed E-state index contributed by atoms with van der Waals surface area (Å²) in [5.41, 5.74) is 30.7. The fourth-order valence-electron chi connectivity index (χ4n) is 13.4. The Labute approximate surface area is 540 Å². The maximum atomic E-state index is 2.58. The summed E-state index contributed by atoms with van der Waals surface area (Å²) in [7, 11) is 0. The molecule has 0 atom stereocenters. The quantitative estimate of drug-likeness (QED) is 0.0745. The standard InChI is InChI=1S/C88H92N2/c1-57(2)71-51-80(59(5)6)86(81(52-71)60(7)8)89(78-43-37-63(13)84(55-78)69-33-25-31-67(49-69)65-27-19-16-20-28-65)76-45-39-74(40-46-76)88(15,73-35-23-18-24-36-73)75-41-47-77(48-42-75)90(87-82(61(9)10)53-72(58(3)4)54-83(87)62(11)12)79-44-38-64(14)85(56-79)70-34-26-32-68(50-70)66-29-21-17-22-30-66/h16-62H,1-15H3. The first-order valence-corrected chi connectivity index (χ1v) is 33.1. The molecule has 90 heavy (non-hydrogen) atoms. The molecule has 2 nitrogen and oxygen atoms in total. The van der Waals surface area contributed by atoms with Crippen LogP contribution in [0.15, 0.2) is 249 Å².